The van der Waals surface area contributed by atoms with Crippen molar-refractivity contribution in [3.8, 4) is 5.75 Å². The van der Waals surface area contributed by atoms with Crippen LogP contribution in [0, 0.1) is 5.41 Å². The summed E-state index contributed by atoms with van der Waals surface area (Å²) in [5.74, 6) is 0.668. The lowest BCUT2D eigenvalue weighted by atomic mass is 9.72. The first-order valence-corrected chi connectivity index (χ1v) is 10.5. The van der Waals surface area contributed by atoms with Gasteiger partial charge in [0.2, 0.25) is 0 Å². The maximum absolute atomic E-state index is 13.2. The number of carbonyl (C=O) groups is 1. The first-order valence-electron chi connectivity index (χ1n) is 10.1. The summed E-state index contributed by atoms with van der Waals surface area (Å²) in [4.78, 5) is 27.9. The Morgan fingerprint density at radius 3 is 2.86 bits per heavy atom. The fourth-order valence-electron chi connectivity index (χ4n) is 4.48. The zero-order valence-corrected chi connectivity index (χ0v) is 17.8. The van der Waals surface area contributed by atoms with Crippen molar-refractivity contribution in [1.29, 1.82) is 0 Å². The van der Waals surface area contributed by atoms with Crippen LogP contribution in [0.4, 0.5) is 10.5 Å². The van der Waals surface area contributed by atoms with Gasteiger partial charge in [-0.25, -0.2) is 4.79 Å². The lowest BCUT2D eigenvalue weighted by Crippen LogP contribution is -2.75. The van der Waals surface area contributed by atoms with Gasteiger partial charge in [0.15, 0.2) is 0 Å². The number of hydrogen-bond acceptors (Lipinski definition) is 5. The molecule has 4 rings (SSSR count). The normalized spacial score (nSPS) is 23.9. The standard InChI is InChI=1S/C21H28ClN5O2/c1-4-7-24-9-19(23-3)25-11-21(12-25)13-26(14-21)20(28)27-15(2)10-29-18-8-16(22)5-6-17(18)27/h5-8,15,19H,3-4,9-14H2,1-2H3. The number of amides is 2. The SMILES string of the molecule is C=NC(CN=CCC)N1CC2(CN(C(=O)N3c4ccc(Cl)cc4OCC3C)C2)C1. The van der Waals surface area contributed by atoms with Crippen LogP contribution in [0.5, 0.6) is 5.75 Å². The van der Waals surface area contributed by atoms with Gasteiger partial charge in [0.1, 0.15) is 18.5 Å². The van der Waals surface area contributed by atoms with Gasteiger partial charge in [-0.1, -0.05) is 18.5 Å². The van der Waals surface area contributed by atoms with E-state index in [9.17, 15) is 4.79 Å². The molecule has 2 unspecified atom stereocenters. The first-order chi connectivity index (χ1) is 14.0. The van der Waals surface area contributed by atoms with Gasteiger partial charge in [0, 0.05) is 42.7 Å². The fourth-order valence-corrected chi connectivity index (χ4v) is 4.64. The van der Waals surface area contributed by atoms with Crippen molar-refractivity contribution in [3.05, 3.63) is 23.2 Å². The Bertz CT molecular complexity index is 815. The molecule has 0 bridgehead atoms. The van der Waals surface area contributed by atoms with Gasteiger partial charge in [0.25, 0.3) is 0 Å². The molecule has 2 saturated heterocycles. The molecule has 3 aliphatic heterocycles. The van der Waals surface area contributed by atoms with Gasteiger partial charge in [-0.2, -0.15) is 0 Å². The van der Waals surface area contributed by atoms with Crippen LogP contribution in [0.1, 0.15) is 20.3 Å². The number of urea groups is 1. The van der Waals surface area contributed by atoms with Crippen LogP contribution < -0.4 is 9.64 Å². The smallest absolute Gasteiger partial charge is 0.325 e. The van der Waals surface area contributed by atoms with E-state index in [0.29, 0.717) is 23.9 Å². The second-order valence-corrected chi connectivity index (χ2v) is 8.74. The third-order valence-corrected chi connectivity index (χ3v) is 6.16. The van der Waals surface area contributed by atoms with Crippen LogP contribution in [0.2, 0.25) is 5.02 Å². The number of carbonyl (C=O) groups excluding carboxylic acids is 1. The molecule has 0 aromatic heterocycles. The molecular formula is C21H28ClN5O2. The molecule has 2 atom stereocenters. The molecule has 0 saturated carbocycles. The Balaban J connectivity index is 1.36. The van der Waals surface area contributed by atoms with E-state index in [-0.39, 0.29) is 23.7 Å². The number of likely N-dealkylation sites (tertiary alicyclic amines) is 2. The van der Waals surface area contributed by atoms with Crippen molar-refractivity contribution in [2.45, 2.75) is 32.5 Å². The van der Waals surface area contributed by atoms with E-state index in [0.717, 1.165) is 38.3 Å². The predicted molar refractivity (Wildman–Crippen MR) is 117 cm³/mol. The molecule has 8 heteroatoms. The topological polar surface area (TPSA) is 60.7 Å². The molecule has 0 N–H and O–H groups in total. The van der Waals surface area contributed by atoms with E-state index in [1.807, 2.05) is 29.0 Å². The largest absolute Gasteiger partial charge is 0.489 e. The summed E-state index contributed by atoms with van der Waals surface area (Å²) in [5.41, 5.74) is 0.977. The summed E-state index contributed by atoms with van der Waals surface area (Å²) in [6, 6.07) is 5.46. The van der Waals surface area contributed by atoms with Crippen molar-refractivity contribution in [2.75, 3.05) is 44.2 Å². The van der Waals surface area contributed by atoms with Crippen LogP contribution in [-0.4, -0.2) is 80.3 Å². The predicted octanol–water partition coefficient (Wildman–Crippen LogP) is 3.17. The van der Waals surface area contributed by atoms with E-state index in [4.69, 9.17) is 16.3 Å². The summed E-state index contributed by atoms with van der Waals surface area (Å²) >= 11 is 6.08. The summed E-state index contributed by atoms with van der Waals surface area (Å²) in [6.45, 7) is 12.3. The molecular weight excluding hydrogens is 390 g/mol. The number of halogens is 1. The molecule has 3 heterocycles. The molecule has 2 amide bonds. The number of nitrogens with zero attached hydrogens (tertiary/aromatic N) is 5. The monoisotopic (exact) mass is 417 g/mol. The van der Waals surface area contributed by atoms with Gasteiger partial charge >= 0.3 is 6.03 Å². The van der Waals surface area contributed by atoms with Crippen molar-refractivity contribution < 1.29 is 9.53 Å². The van der Waals surface area contributed by atoms with Gasteiger partial charge in [-0.15, -0.1) is 0 Å². The Hall–Kier alpha value is -2.12. The molecule has 0 aliphatic carbocycles. The van der Waals surface area contributed by atoms with Crippen LogP contribution in [-0.2, 0) is 0 Å². The highest BCUT2D eigenvalue weighted by Gasteiger charge is 2.55. The molecule has 29 heavy (non-hydrogen) atoms. The molecule has 2 fully saturated rings. The average molecular weight is 418 g/mol. The maximum atomic E-state index is 13.2. The number of rotatable bonds is 5. The highest BCUT2D eigenvalue weighted by Crippen LogP contribution is 2.43. The third kappa shape index (κ3) is 3.73. The molecule has 1 spiro atoms. The quantitative estimate of drug-likeness (QED) is 0.691. The summed E-state index contributed by atoms with van der Waals surface area (Å²) < 4.78 is 5.76. The van der Waals surface area contributed by atoms with E-state index in [1.54, 1.807) is 12.1 Å². The molecule has 156 valence electrons. The lowest BCUT2D eigenvalue weighted by molar-refractivity contribution is -0.108. The van der Waals surface area contributed by atoms with Crippen LogP contribution in [0.3, 0.4) is 0 Å². The number of benzene rings is 1. The molecule has 7 nitrogen and oxygen atoms in total. The highest BCUT2D eigenvalue weighted by molar-refractivity contribution is 6.30. The maximum Gasteiger partial charge on any atom is 0.325 e. The summed E-state index contributed by atoms with van der Waals surface area (Å²) in [5, 5.41) is 0.608. The number of anilines is 1. The minimum absolute atomic E-state index is 0.0172. The van der Waals surface area contributed by atoms with Gasteiger partial charge in [0.05, 0.1) is 18.3 Å². The second-order valence-electron chi connectivity index (χ2n) is 8.30. The molecule has 1 aromatic carbocycles. The first kappa shape index (κ1) is 20.2. The van der Waals surface area contributed by atoms with Crippen molar-refractivity contribution in [2.24, 2.45) is 15.4 Å². The zero-order valence-electron chi connectivity index (χ0n) is 17.1. The van der Waals surface area contributed by atoms with E-state index in [1.165, 1.54) is 0 Å². The Morgan fingerprint density at radius 2 is 2.17 bits per heavy atom. The lowest BCUT2D eigenvalue weighted by Gasteiger charge is -2.61. The van der Waals surface area contributed by atoms with Crippen LogP contribution in [0.25, 0.3) is 0 Å². The average Bonchev–Trinajstić information content (AvgIpc) is 2.64. The van der Waals surface area contributed by atoms with Crippen LogP contribution in [0.15, 0.2) is 28.2 Å². The van der Waals surface area contributed by atoms with Crippen molar-refractivity contribution in [3.63, 3.8) is 0 Å². The third-order valence-electron chi connectivity index (χ3n) is 5.92. The van der Waals surface area contributed by atoms with Crippen molar-refractivity contribution >= 4 is 36.3 Å². The summed E-state index contributed by atoms with van der Waals surface area (Å²) in [6.07, 6.45) is 2.88. The molecule has 1 aromatic rings. The second kappa shape index (κ2) is 7.95. The Morgan fingerprint density at radius 1 is 1.41 bits per heavy atom. The van der Waals surface area contributed by atoms with Gasteiger partial charge in [-0.3, -0.25) is 19.8 Å². The highest BCUT2D eigenvalue weighted by atomic mass is 35.5. The summed E-state index contributed by atoms with van der Waals surface area (Å²) in [7, 11) is 0. The Labute approximate surface area is 177 Å². The van der Waals surface area contributed by atoms with Gasteiger partial charge in [-0.05, 0) is 38.4 Å². The number of hydrogen-bond donors (Lipinski definition) is 0. The Kier molecular flexibility index (Phi) is 5.53. The number of fused-ring (bicyclic) bond motifs is 1. The zero-order chi connectivity index (χ0) is 20.6. The molecule has 3 aliphatic rings. The van der Waals surface area contributed by atoms with E-state index < -0.39 is 0 Å². The van der Waals surface area contributed by atoms with Crippen LogP contribution >= 0.6 is 11.6 Å². The van der Waals surface area contributed by atoms with Gasteiger partial charge < -0.3 is 9.64 Å². The minimum atomic E-state index is -0.0172. The number of ether oxygens (including phenoxy) is 1. The number of aliphatic imine (C=N–C) groups is 2. The van der Waals surface area contributed by atoms with Crippen molar-refractivity contribution in [1.82, 2.24) is 9.80 Å². The van der Waals surface area contributed by atoms with E-state index in [2.05, 4.69) is 28.5 Å². The van der Waals surface area contributed by atoms with E-state index >= 15 is 0 Å². The molecule has 0 radical (unpaired) electrons. The minimum Gasteiger partial charge on any atom is -0.489 e. The fraction of sp³-hybridized carbons (Fsp3) is 0.571.